The number of alkyl halides is 2. The maximum atomic E-state index is 13.2. The third-order valence-electron chi connectivity index (χ3n) is 8.34. The molecule has 0 saturated heterocycles. The second kappa shape index (κ2) is 10.2. The zero-order valence-corrected chi connectivity index (χ0v) is 23.2. The van der Waals surface area contributed by atoms with Gasteiger partial charge < -0.3 is 14.7 Å². The van der Waals surface area contributed by atoms with Gasteiger partial charge in [-0.2, -0.15) is 0 Å². The van der Waals surface area contributed by atoms with E-state index in [9.17, 15) is 14.7 Å². The van der Waals surface area contributed by atoms with Crippen molar-refractivity contribution in [2.24, 2.45) is 10.8 Å². The Morgan fingerprint density at radius 1 is 1.11 bits per heavy atom. The predicted octanol–water partition coefficient (Wildman–Crippen LogP) is 5.60. The number of rotatable bonds is 10. The number of aryl methyl sites for hydroxylation is 1. The number of nitrogens with zero attached hydrogens (tertiary/aromatic N) is 1. The van der Waals surface area contributed by atoms with Gasteiger partial charge in [0.15, 0.2) is 5.78 Å². The molecule has 1 N–H and O–H groups in total. The molecule has 0 bridgehead atoms. The van der Waals surface area contributed by atoms with Crippen molar-refractivity contribution in [1.29, 1.82) is 0 Å². The second-order valence-electron chi connectivity index (χ2n) is 11.2. The number of hydrogen-bond acceptors (Lipinski definition) is 5. The average molecular weight is 535 g/mol. The van der Waals surface area contributed by atoms with Crippen LogP contribution in [0.25, 0.3) is 0 Å². The van der Waals surface area contributed by atoms with Crippen LogP contribution in [-0.4, -0.2) is 53.4 Å². The molecule has 0 unspecified atom stereocenters. The lowest BCUT2D eigenvalue weighted by atomic mass is 9.67. The molecule has 196 valence electrons. The van der Waals surface area contributed by atoms with Crippen molar-refractivity contribution in [3.05, 3.63) is 52.6 Å². The summed E-state index contributed by atoms with van der Waals surface area (Å²) >= 11 is 11.8. The summed E-state index contributed by atoms with van der Waals surface area (Å²) in [5, 5.41) is 11.1. The summed E-state index contributed by atoms with van der Waals surface area (Å²) in [7, 11) is 0. The minimum atomic E-state index is -1.40. The highest BCUT2D eigenvalue weighted by Crippen LogP contribution is 2.65. The SMILES string of the molecule is CC1=C2C(=CC(C)(C)[C@@H]2OC(=O)CCCc2ccc(N(CCCl)CCCl)cc2)C(=O)[C@](C)(O)C12CC2. The van der Waals surface area contributed by atoms with Gasteiger partial charge in [-0.3, -0.25) is 9.59 Å². The molecule has 0 aromatic heterocycles. The molecular weight excluding hydrogens is 497 g/mol. The van der Waals surface area contributed by atoms with Crippen LogP contribution in [-0.2, 0) is 20.7 Å². The van der Waals surface area contributed by atoms with Gasteiger partial charge >= 0.3 is 5.97 Å². The summed E-state index contributed by atoms with van der Waals surface area (Å²) in [4.78, 5) is 28.3. The highest BCUT2D eigenvalue weighted by atomic mass is 35.5. The van der Waals surface area contributed by atoms with Crippen LogP contribution < -0.4 is 4.90 Å². The number of carbonyl (C=O) groups excluding carboxylic acids is 2. The lowest BCUT2D eigenvalue weighted by Gasteiger charge is -2.40. The van der Waals surface area contributed by atoms with Crippen LogP contribution >= 0.6 is 23.2 Å². The number of anilines is 1. The molecule has 0 aliphatic heterocycles. The molecule has 2 atom stereocenters. The van der Waals surface area contributed by atoms with Gasteiger partial charge in [-0.25, -0.2) is 0 Å². The van der Waals surface area contributed by atoms with Crippen LogP contribution in [0.1, 0.15) is 58.9 Å². The molecule has 1 spiro atoms. The van der Waals surface area contributed by atoms with Crippen LogP contribution in [0, 0.1) is 10.8 Å². The minimum absolute atomic E-state index is 0.244. The maximum Gasteiger partial charge on any atom is 0.306 e. The molecule has 3 aliphatic carbocycles. The van der Waals surface area contributed by atoms with E-state index in [1.807, 2.05) is 26.8 Å². The Morgan fingerprint density at radius 3 is 2.28 bits per heavy atom. The van der Waals surface area contributed by atoms with Gasteiger partial charge in [0.05, 0.1) is 0 Å². The molecule has 1 fully saturated rings. The van der Waals surface area contributed by atoms with E-state index in [2.05, 4.69) is 29.2 Å². The lowest BCUT2D eigenvalue weighted by molar-refractivity contribution is -0.151. The summed E-state index contributed by atoms with van der Waals surface area (Å²) in [5.74, 6) is 0.581. The Bertz CT molecular complexity index is 1080. The molecule has 36 heavy (non-hydrogen) atoms. The topological polar surface area (TPSA) is 66.8 Å². The van der Waals surface area contributed by atoms with E-state index in [1.54, 1.807) is 6.92 Å². The van der Waals surface area contributed by atoms with E-state index in [1.165, 1.54) is 0 Å². The summed E-state index contributed by atoms with van der Waals surface area (Å²) < 4.78 is 6.03. The van der Waals surface area contributed by atoms with Crippen molar-refractivity contribution in [3.8, 4) is 0 Å². The quantitative estimate of drug-likeness (QED) is 0.313. The first-order valence-corrected chi connectivity index (χ1v) is 13.9. The number of hydrogen-bond donors (Lipinski definition) is 1. The minimum Gasteiger partial charge on any atom is -0.457 e. The van der Waals surface area contributed by atoms with E-state index >= 15 is 0 Å². The standard InChI is InChI=1S/C29H37Cl2NO4/c1-19-24-22(25(34)28(4,35)29(19)12-13-29)18-27(2,3)26(24)36-23(33)7-5-6-20-8-10-21(11-9-20)32(16-14-30)17-15-31/h8-11,18,26,35H,5-7,12-17H2,1-4H3/t26-,28+/m1/s1. The van der Waals surface area contributed by atoms with Gasteiger partial charge in [0, 0.05) is 58.9 Å². The van der Waals surface area contributed by atoms with Gasteiger partial charge in [-0.05, 0) is 57.2 Å². The third kappa shape index (κ3) is 4.75. The van der Waals surface area contributed by atoms with Crippen molar-refractivity contribution in [2.45, 2.75) is 71.5 Å². The number of ether oxygens (including phenoxy) is 1. The molecule has 1 saturated carbocycles. The van der Waals surface area contributed by atoms with Crippen molar-refractivity contribution in [3.63, 3.8) is 0 Å². The van der Waals surface area contributed by atoms with Gasteiger partial charge in [0.1, 0.15) is 11.7 Å². The summed E-state index contributed by atoms with van der Waals surface area (Å²) in [6.45, 7) is 9.08. The van der Waals surface area contributed by atoms with Gasteiger partial charge in [-0.15, -0.1) is 23.2 Å². The Morgan fingerprint density at radius 2 is 1.72 bits per heavy atom. The van der Waals surface area contributed by atoms with Crippen molar-refractivity contribution in [2.75, 3.05) is 29.7 Å². The largest absolute Gasteiger partial charge is 0.457 e. The maximum absolute atomic E-state index is 13.2. The summed E-state index contributed by atoms with van der Waals surface area (Å²) in [6.07, 6.45) is 4.69. The molecule has 0 amide bonds. The monoisotopic (exact) mass is 533 g/mol. The molecule has 0 radical (unpaired) electrons. The first-order valence-electron chi connectivity index (χ1n) is 12.9. The fraction of sp³-hybridized carbons (Fsp3) is 0.586. The number of ketones is 1. The number of benzene rings is 1. The first kappa shape index (κ1) is 27.2. The molecule has 0 heterocycles. The summed E-state index contributed by atoms with van der Waals surface area (Å²) in [5.41, 5.74) is 2.15. The fourth-order valence-electron chi connectivity index (χ4n) is 6.00. The normalized spacial score (nSPS) is 25.6. The van der Waals surface area contributed by atoms with Crippen molar-refractivity contribution >= 4 is 40.6 Å². The Hall–Kier alpha value is -1.82. The van der Waals surface area contributed by atoms with E-state index in [0.717, 1.165) is 54.7 Å². The van der Waals surface area contributed by atoms with E-state index < -0.39 is 22.5 Å². The number of fused-ring (bicyclic) bond motifs is 1. The Balaban J connectivity index is 1.38. The highest BCUT2D eigenvalue weighted by molar-refractivity contribution is 6.18. The number of esters is 1. The fourth-order valence-corrected chi connectivity index (χ4v) is 6.41. The van der Waals surface area contributed by atoms with Crippen LogP contribution in [0.5, 0.6) is 0 Å². The van der Waals surface area contributed by atoms with Crippen LogP contribution in [0.3, 0.4) is 0 Å². The van der Waals surface area contributed by atoms with Crippen molar-refractivity contribution in [1.82, 2.24) is 0 Å². The number of aliphatic hydroxyl groups is 1. The number of halogens is 2. The van der Waals surface area contributed by atoms with Crippen LogP contribution in [0.4, 0.5) is 5.69 Å². The Kier molecular flexibility index (Phi) is 7.68. The zero-order chi connectivity index (χ0) is 26.3. The smallest absolute Gasteiger partial charge is 0.306 e. The Labute approximate surface area is 224 Å². The molecule has 4 rings (SSSR count). The molecule has 5 nitrogen and oxygen atoms in total. The summed E-state index contributed by atoms with van der Waals surface area (Å²) in [6, 6.07) is 8.29. The number of Topliss-reactive ketones (excluding diaryl/α,β-unsaturated/α-hetero) is 1. The van der Waals surface area contributed by atoms with Gasteiger partial charge in [0.25, 0.3) is 0 Å². The van der Waals surface area contributed by atoms with Crippen LogP contribution in [0.2, 0.25) is 0 Å². The molecule has 1 aromatic rings. The highest BCUT2D eigenvalue weighted by Gasteiger charge is 2.66. The lowest BCUT2D eigenvalue weighted by Crippen LogP contribution is -2.50. The van der Waals surface area contributed by atoms with Crippen LogP contribution in [0.15, 0.2) is 47.1 Å². The number of carbonyl (C=O) groups is 2. The second-order valence-corrected chi connectivity index (χ2v) is 11.9. The zero-order valence-electron chi connectivity index (χ0n) is 21.7. The van der Waals surface area contributed by atoms with Gasteiger partial charge in [-0.1, -0.05) is 37.6 Å². The molecular formula is C29H37Cl2NO4. The first-order chi connectivity index (χ1) is 17.0. The average Bonchev–Trinajstić information content (AvgIpc) is 3.60. The van der Waals surface area contributed by atoms with E-state index in [-0.39, 0.29) is 11.8 Å². The molecule has 1 aromatic carbocycles. The van der Waals surface area contributed by atoms with Gasteiger partial charge in [0.2, 0.25) is 0 Å². The molecule has 7 heteroatoms. The van der Waals surface area contributed by atoms with E-state index in [0.29, 0.717) is 30.2 Å². The van der Waals surface area contributed by atoms with Crippen molar-refractivity contribution < 1.29 is 19.4 Å². The molecule has 3 aliphatic rings. The third-order valence-corrected chi connectivity index (χ3v) is 8.68. The van der Waals surface area contributed by atoms with E-state index in [4.69, 9.17) is 27.9 Å². The predicted molar refractivity (Wildman–Crippen MR) is 145 cm³/mol.